The van der Waals surface area contributed by atoms with Crippen LogP contribution in [-0.4, -0.2) is 14.8 Å². The molecule has 0 atom stereocenters. The van der Waals surface area contributed by atoms with Gasteiger partial charge in [-0.05, 0) is 11.6 Å². The van der Waals surface area contributed by atoms with Gasteiger partial charge in [-0.15, -0.1) is 0 Å². The molecule has 0 saturated carbocycles. The van der Waals surface area contributed by atoms with E-state index in [1.807, 2.05) is 0 Å². The highest BCUT2D eigenvalue weighted by Gasteiger charge is 2.28. The molecule has 2 aromatic rings. The van der Waals surface area contributed by atoms with Crippen molar-refractivity contribution in [3.63, 3.8) is 0 Å². The highest BCUT2D eigenvalue weighted by molar-refractivity contribution is 5.80. The molecule has 9 heteroatoms. The van der Waals surface area contributed by atoms with Crippen molar-refractivity contribution < 1.29 is 14.8 Å². The Morgan fingerprint density at radius 1 is 0.739 bits per heavy atom. The van der Waals surface area contributed by atoms with Gasteiger partial charge in [-0.25, -0.2) is 0 Å². The SMILES string of the molecule is O=[N+]([O-])c1cc([N+](=O)[O-])c(/C=C\c2ccccc2)c([N+](=O)[O-])c1. The van der Waals surface area contributed by atoms with Gasteiger partial charge in [0.15, 0.2) is 0 Å². The molecule has 0 aliphatic rings. The van der Waals surface area contributed by atoms with Crippen LogP contribution in [0, 0.1) is 30.3 Å². The number of nitro benzene ring substituents is 3. The van der Waals surface area contributed by atoms with Crippen LogP contribution in [0.15, 0.2) is 42.5 Å². The van der Waals surface area contributed by atoms with E-state index in [1.54, 1.807) is 30.3 Å². The van der Waals surface area contributed by atoms with E-state index in [9.17, 15) is 30.3 Å². The van der Waals surface area contributed by atoms with E-state index in [1.165, 1.54) is 12.2 Å². The summed E-state index contributed by atoms with van der Waals surface area (Å²) in [4.78, 5) is 30.3. The van der Waals surface area contributed by atoms with Crippen LogP contribution in [0.1, 0.15) is 11.1 Å². The van der Waals surface area contributed by atoms with Crippen molar-refractivity contribution in [1.82, 2.24) is 0 Å². The monoisotopic (exact) mass is 315 g/mol. The Morgan fingerprint density at radius 2 is 1.26 bits per heavy atom. The zero-order valence-corrected chi connectivity index (χ0v) is 11.5. The van der Waals surface area contributed by atoms with Crippen molar-refractivity contribution in [3.05, 3.63) is 83.9 Å². The summed E-state index contributed by atoms with van der Waals surface area (Å²) < 4.78 is 0. The molecule has 0 aromatic heterocycles. The molecule has 23 heavy (non-hydrogen) atoms. The van der Waals surface area contributed by atoms with Crippen LogP contribution in [0.4, 0.5) is 17.1 Å². The number of non-ortho nitro benzene ring substituents is 1. The number of hydrogen-bond acceptors (Lipinski definition) is 6. The maximum absolute atomic E-state index is 11.1. The summed E-state index contributed by atoms with van der Waals surface area (Å²) in [6.07, 6.45) is 2.66. The lowest BCUT2D eigenvalue weighted by Crippen LogP contribution is -2.00. The first-order valence-corrected chi connectivity index (χ1v) is 6.24. The standard InChI is InChI=1S/C14H9N3O6/c18-15(19)11-8-13(16(20)21)12(14(9-11)17(22)23)7-6-10-4-2-1-3-5-10/h1-9H/b7-6-. The molecule has 0 saturated heterocycles. The van der Waals surface area contributed by atoms with Crippen molar-refractivity contribution in [3.8, 4) is 0 Å². The van der Waals surface area contributed by atoms with Gasteiger partial charge < -0.3 is 0 Å². The van der Waals surface area contributed by atoms with Gasteiger partial charge in [-0.3, -0.25) is 30.3 Å². The van der Waals surface area contributed by atoms with E-state index in [2.05, 4.69) is 0 Å². The normalized spacial score (nSPS) is 10.6. The van der Waals surface area contributed by atoms with Crippen LogP contribution in [0.3, 0.4) is 0 Å². The molecular formula is C14H9N3O6. The molecule has 0 aliphatic heterocycles. The second kappa shape index (κ2) is 6.43. The van der Waals surface area contributed by atoms with Crippen LogP contribution in [0.2, 0.25) is 0 Å². The molecule has 0 heterocycles. The lowest BCUT2D eigenvalue weighted by molar-refractivity contribution is -0.403. The van der Waals surface area contributed by atoms with Gasteiger partial charge in [0.25, 0.3) is 17.1 Å². The molecule has 0 bridgehead atoms. The number of nitro groups is 3. The number of hydrogen-bond donors (Lipinski definition) is 0. The maximum atomic E-state index is 11.1. The first-order chi connectivity index (χ1) is 10.9. The summed E-state index contributed by atoms with van der Waals surface area (Å²) in [6.45, 7) is 0. The van der Waals surface area contributed by atoms with Crippen LogP contribution in [-0.2, 0) is 0 Å². The summed E-state index contributed by atoms with van der Waals surface area (Å²) in [5.74, 6) is 0. The molecule has 0 aliphatic carbocycles. The van der Waals surface area contributed by atoms with Gasteiger partial charge in [0, 0.05) is 0 Å². The predicted molar refractivity (Wildman–Crippen MR) is 81.8 cm³/mol. The molecule has 0 spiro atoms. The van der Waals surface area contributed by atoms with Gasteiger partial charge in [0.1, 0.15) is 5.56 Å². The third-order valence-electron chi connectivity index (χ3n) is 2.97. The lowest BCUT2D eigenvalue weighted by Gasteiger charge is -2.01. The van der Waals surface area contributed by atoms with E-state index >= 15 is 0 Å². The van der Waals surface area contributed by atoms with Crippen molar-refractivity contribution in [2.75, 3.05) is 0 Å². The Bertz CT molecular complexity index is 782. The average molecular weight is 315 g/mol. The fourth-order valence-electron chi connectivity index (χ4n) is 1.93. The van der Waals surface area contributed by atoms with Gasteiger partial charge in [-0.1, -0.05) is 36.4 Å². The molecule has 0 unspecified atom stereocenters. The predicted octanol–water partition coefficient (Wildman–Crippen LogP) is 3.58. The van der Waals surface area contributed by atoms with Crippen LogP contribution >= 0.6 is 0 Å². The fraction of sp³-hybridized carbons (Fsp3) is 0. The third-order valence-corrected chi connectivity index (χ3v) is 2.97. The summed E-state index contributed by atoms with van der Waals surface area (Å²) >= 11 is 0. The summed E-state index contributed by atoms with van der Waals surface area (Å²) in [7, 11) is 0. The minimum Gasteiger partial charge on any atom is -0.258 e. The van der Waals surface area contributed by atoms with Gasteiger partial charge in [-0.2, -0.15) is 0 Å². The van der Waals surface area contributed by atoms with E-state index in [0.29, 0.717) is 17.7 Å². The van der Waals surface area contributed by atoms with Gasteiger partial charge in [0.05, 0.1) is 26.9 Å². The minimum atomic E-state index is -0.912. The zero-order chi connectivity index (χ0) is 17.0. The highest BCUT2D eigenvalue weighted by Crippen LogP contribution is 2.35. The first kappa shape index (κ1) is 15.8. The van der Waals surface area contributed by atoms with Gasteiger partial charge >= 0.3 is 0 Å². The fourth-order valence-corrected chi connectivity index (χ4v) is 1.93. The summed E-state index contributed by atoms with van der Waals surface area (Å²) in [5, 5.41) is 33.0. The minimum absolute atomic E-state index is 0.297. The summed E-state index contributed by atoms with van der Waals surface area (Å²) in [6, 6.07) is 10.1. The van der Waals surface area contributed by atoms with Crippen molar-refractivity contribution in [2.24, 2.45) is 0 Å². The van der Waals surface area contributed by atoms with Crippen LogP contribution in [0.5, 0.6) is 0 Å². The Hall–Kier alpha value is -3.62. The molecule has 0 amide bonds. The number of nitrogens with zero attached hydrogens (tertiary/aromatic N) is 3. The van der Waals surface area contributed by atoms with Crippen molar-refractivity contribution >= 4 is 29.2 Å². The average Bonchev–Trinajstić information content (AvgIpc) is 2.52. The Kier molecular flexibility index (Phi) is 4.41. The maximum Gasteiger partial charge on any atom is 0.290 e. The second-order valence-corrected chi connectivity index (χ2v) is 4.41. The van der Waals surface area contributed by atoms with E-state index in [-0.39, 0.29) is 5.56 Å². The third kappa shape index (κ3) is 3.53. The van der Waals surface area contributed by atoms with Gasteiger partial charge in [0.2, 0.25) is 0 Å². The van der Waals surface area contributed by atoms with E-state index in [4.69, 9.17) is 0 Å². The quantitative estimate of drug-likeness (QED) is 0.471. The smallest absolute Gasteiger partial charge is 0.258 e. The Morgan fingerprint density at radius 3 is 1.70 bits per heavy atom. The van der Waals surface area contributed by atoms with Crippen molar-refractivity contribution in [1.29, 1.82) is 0 Å². The molecule has 2 rings (SSSR count). The molecule has 0 radical (unpaired) electrons. The molecular weight excluding hydrogens is 306 g/mol. The highest BCUT2D eigenvalue weighted by atomic mass is 16.6. The second-order valence-electron chi connectivity index (χ2n) is 4.41. The Labute approximate surface area is 128 Å². The number of rotatable bonds is 5. The topological polar surface area (TPSA) is 129 Å². The molecule has 116 valence electrons. The van der Waals surface area contributed by atoms with Crippen LogP contribution in [0.25, 0.3) is 12.2 Å². The zero-order valence-electron chi connectivity index (χ0n) is 11.5. The first-order valence-electron chi connectivity index (χ1n) is 6.24. The largest absolute Gasteiger partial charge is 0.290 e. The van der Waals surface area contributed by atoms with E-state index < -0.39 is 31.8 Å². The Balaban J connectivity index is 2.64. The van der Waals surface area contributed by atoms with E-state index in [0.717, 1.165) is 0 Å². The number of benzene rings is 2. The van der Waals surface area contributed by atoms with Crippen LogP contribution < -0.4 is 0 Å². The van der Waals surface area contributed by atoms with Crippen molar-refractivity contribution in [2.45, 2.75) is 0 Å². The lowest BCUT2D eigenvalue weighted by atomic mass is 10.1. The molecule has 2 aromatic carbocycles. The molecule has 9 nitrogen and oxygen atoms in total. The molecule has 0 N–H and O–H groups in total. The summed E-state index contributed by atoms with van der Waals surface area (Å²) in [5.41, 5.74) is -1.72. The molecule has 0 fully saturated rings.